The topological polar surface area (TPSA) is 100 Å². The summed E-state index contributed by atoms with van der Waals surface area (Å²) in [6.07, 6.45) is 1.25. The number of nitrogens with one attached hydrogen (secondary N) is 1. The Morgan fingerprint density at radius 2 is 2.00 bits per heavy atom. The first-order valence-electron chi connectivity index (χ1n) is 8.28. The van der Waals surface area contributed by atoms with Crippen LogP contribution in [0.5, 0.6) is 5.75 Å². The minimum absolute atomic E-state index is 0.257. The number of carbonyl (C=O) groups excluding carboxylic acids is 1. The van der Waals surface area contributed by atoms with E-state index in [-0.39, 0.29) is 24.0 Å². The zero-order valence-corrected chi connectivity index (χ0v) is 15.4. The summed E-state index contributed by atoms with van der Waals surface area (Å²) in [5.74, 6) is -1.23. The molecule has 9 heteroatoms. The zero-order chi connectivity index (χ0) is 19.9. The molecule has 28 heavy (non-hydrogen) atoms. The molecule has 0 saturated carbocycles. The zero-order valence-electron chi connectivity index (χ0n) is 14.5. The Morgan fingerprint density at radius 3 is 2.75 bits per heavy atom. The molecule has 1 heterocycles. The predicted molar refractivity (Wildman–Crippen MR) is 104 cm³/mol. The molecule has 1 fully saturated rings. The summed E-state index contributed by atoms with van der Waals surface area (Å²) in [5, 5.41) is 18.8. The van der Waals surface area contributed by atoms with Gasteiger partial charge in [0.15, 0.2) is 5.17 Å². The molecular formula is C19H16FN3O4S. The van der Waals surface area contributed by atoms with Crippen LogP contribution < -0.4 is 10.1 Å². The van der Waals surface area contributed by atoms with Gasteiger partial charge in [-0.05, 0) is 29.8 Å². The van der Waals surface area contributed by atoms with Crippen molar-refractivity contribution in [1.82, 2.24) is 5.32 Å². The lowest BCUT2D eigenvalue weighted by Crippen LogP contribution is -2.26. The first-order valence-corrected chi connectivity index (χ1v) is 9.16. The fourth-order valence-corrected chi connectivity index (χ4v) is 3.29. The first-order chi connectivity index (χ1) is 13.5. The number of nitrogens with zero attached hydrogens (tertiary/aromatic N) is 2. The molecule has 144 valence electrons. The number of amidine groups is 1. The second-order valence-corrected chi connectivity index (χ2v) is 6.98. The van der Waals surface area contributed by atoms with E-state index in [1.807, 2.05) is 24.3 Å². The third-order valence-electron chi connectivity index (χ3n) is 3.74. The number of halogens is 1. The van der Waals surface area contributed by atoms with Crippen molar-refractivity contribution in [3.8, 4) is 5.75 Å². The van der Waals surface area contributed by atoms with Crippen molar-refractivity contribution in [2.24, 2.45) is 10.2 Å². The normalized spacial score (nSPS) is 17.8. The van der Waals surface area contributed by atoms with Crippen LogP contribution in [0.3, 0.4) is 0 Å². The Morgan fingerprint density at radius 1 is 1.25 bits per heavy atom. The van der Waals surface area contributed by atoms with E-state index in [1.54, 1.807) is 12.1 Å². The van der Waals surface area contributed by atoms with E-state index in [9.17, 15) is 14.0 Å². The smallest absolute Gasteiger partial charge is 0.305 e. The van der Waals surface area contributed by atoms with Gasteiger partial charge in [-0.15, -0.1) is 5.10 Å². The van der Waals surface area contributed by atoms with Crippen molar-refractivity contribution < 1.29 is 23.8 Å². The number of hydrogen-bond donors (Lipinski definition) is 2. The molecule has 0 bridgehead atoms. The van der Waals surface area contributed by atoms with Gasteiger partial charge in [-0.1, -0.05) is 36.0 Å². The Labute approximate surface area is 164 Å². The molecule has 0 radical (unpaired) electrons. The van der Waals surface area contributed by atoms with Crippen LogP contribution in [0.25, 0.3) is 0 Å². The highest BCUT2D eigenvalue weighted by molar-refractivity contribution is 8.15. The van der Waals surface area contributed by atoms with Crippen LogP contribution in [0.4, 0.5) is 4.39 Å². The minimum Gasteiger partial charge on any atom is -0.489 e. The molecule has 7 nitrogen and oxygen atoms in total. The summed E-state index contributed by atoms with van der Waals surface area (Å²) in [4.78, 5) is 22.4. The van der Waals surface area contributed by atoms with E-state index in [0.717, 1.165) is 22.9 Å². The Balaban J connectivity index is 1.63. The van der Waals surface area contributed by atoms with Gasteiger partial charge in [0.2, 0.25) is 5.91 Å². The molecule has 1 aliphatic rings. The number of ether oxygens (including phenoxy) is 1. The molecule has 1 saturated heterocycles. The molecule has 2 N–H and O–H groups in total. The second kappa shape index (κ2) is 9.14. The van der Waals surface area contributed by atoms with E-state index >= 15 is 0 Å². The van der Waals surface area contributed by atoms with Crippen LogP contribution in [-0.2, 0) is 16.2 Å². The monoisotopic (exact) mass is 401 g/mol. The highest BCUT2D eigenvalue weighted by Crippen LogP contribution is 2.22. The maximum atomic E-state index is 12.9. The van der Waals surface area contributed by atoms with Crippen LogP contribution >= 0.6 is 11.8 Å². The summed E-state index contributed by atoms with van der Waals surface area (Å²) in [7, 11) is 0. The average Bonchev–Trinajstić information content (AvgIpc) is 3.01. The van der Waals surface area contributed by atoms with Gasteiger partial charge in [-0.2, -0.15) is 5.10 Å². The highest BCUT2D eigenvalue weighted by atomic mass is 32.2. The number of aliphatic carboxylic acids is 1. The summed E-state index contributed by atoms with van der Waals surface area (Å²) in [6.45, 7) is 0.260. The van der Waals surface area contributed by atoms with E-state index < -0.39 is 17.1 Å². The van der Waals surface area contributed by atoms with Gasteiger partial charge >= 0.3 is 5.97 Å². The van der Waals surface area contributed by atoms with E-state index in [2.05, 4.69) is 15.5 Å². The van der Waals surface area contributed by atoms with Crippen molar-refractivity contribution in [3.63, 3.8) is 0 Å². The second-order valence-electron chi connectivity index (χ2n) is 5.78. The molecule has 1 amide bonds. The van der Waals surface area contributed by atoms with Crippen molar-refractivity contribution in [1.29, 1.82) is 0 Å². The quantitative estimate of drug-likeness (QED) is 0.549. The van der Waals surface area contributed by atoms with Crippen LogP contribution in [0, 0.1) is 5.82 Å². The van der Waals surface area contributed by atoms with Crippen molar-refractivity contribution in [2.45, 2.75) is 18.3 Å². The molecule has 3 rings (SSSR count). The average molecular weight is 401 g/mol. The molecule has 0 aliphatic carbocycles. The Kier molecular flexibility index (Phi) is 6.38. The van der Waals surface area contributed by atoms with Crippen LogP contribution in [-0.4, -0.2) is 33.6 Å². The largest absolute Gasteiger partial charge is 0.489 e. The molecular weight excluding hydrogens is 385 g/mol. The summed E-state index contributed by atoms with van der Waals surface area (Å²) >= 11 is 1.03. The highest BCUT2D eigenvalue weighted by Gasteiger charge is 2.32. The van der Waals surface area contributed by atoms with E-state index in [1.165, 1.54) is 18.3 Å². The fraction of sp³-hybridized carbons (Fsp3) is 0.158. The molecule has 1 unspecified atom stereocenters. The van der Waals surface area contributed by atoms with Gasteiger partial charge in [-0.25, -0.2) is 4.39 Å². The fourth-order valence-electron chi connectivity index (χ4n) is 2.37. The van der Waals surface area contributed by atoms with Gasteiger partial charge in [0.25, 0.3) is 0 Å². The molecule has 0 spiro atoms. The molecule has 0 aromatic heterocycles. The minimum atomic E-state index is -1.05. The van der Waals surface area contributed by atoms with Crippen molar-refractivity contribution in [3.05, 3.63) is 65.5 Å². The number of carboxylic acid groups (broad SMARTS) is 1. The van der Waals surface area contributed by atoms with Gasteiger partial charge in [0.1, 0.15) is 23.4 Å². The lowest BCUT2D eigenvalue weighted by Gasteiger charge is -2.08. The lowest BCUT2D eigenvalue weighted by atomic mass is 10.1. The van der Waals surface area contributed by atoms with Crippen LogP contribution in [0.2, 0.25) is 0 Å². The Bertz CT molecular complexity index is 931. The number of thioether (sulfide) groups is 1. The van der Waals surface area contributed by atoms with Crippen LogP contribution in [0.1, 0.15) is 17.5 Å². The summed E-state index contributed by atoms with van der Waals surface area (Å²) in [5.41, 5.74) is 1.62. The van der Waals surface area contributed by atoms with Crippen molar-refractivity contribution in [2.75, 3.05) is 0 Å². The number of rotatable bonds is 7. The van der Waals surface area contributed by atoms with Gasteiger partial charge in [0.05, 0.1) is 12.6 Å². The maximum Gasteiger partial charge on any atom is 0.305 e. The van der Waals surface area contributed by atoms with E-state index in [4.69, 9.17) is 9.84 Å². The standard InChI is InChI=1S/C19H16FN3O4S/c20-14-5-7-15(8-6-14)27-11-13-4-2-1-3-12(13)10-21-23-19-22-18(26)16(28-19)9-17(24)25/h1-8,10,16H,9,11H2,(H,24,25)(H,22,23,26). The van der Waals surface area contributed by atoms with Gasteiger partial charge in [0, 0.05) is 5.56 Å². The lowest BCUT2D eigenvalue weighted by molar-refractivity contribution is -0.138. The number of amides is 1. The van der Waals surface area contributed by atoms with Crippen molar-refractivity contribution >= 4 is 35.0 Å². The van der Waals surface area contributed by atoms with E-state index in [0.29, 0.717) is 5.75 Å². The maximum absolute atomic E-state index is 12.9. The number of carboxylic acids is 1. The number of hydrogen-bond acceptors (Lipinski definition) is 6. The van der Waals surface area contributed by atoms with Gasteiger partial charge in [-0.3, -0.25) is 9.59 Å². The van der Waals surface area contributed by atoms with Gasteiger partial charge < -0.3 is 15.2 Å². The predicted octanol–water partition coefficient (Wildman–Crippen LogP) is 2.80. The molecule has 1 aliphatic heterocycles. The molecule has 2 aromatic rings. The third-order valence-corrected chi connectivity index (χ3v) is 4.82. The number of benzene rings is 2. The summed E-state index contributed by atoms with van der Waals surface area (Å²) < 4.78 is 18.6. The SMILES string of the molecule is O=C(O)CC1SC(=NN=Cc2ccccc2COc2ccc(F)cc2)NC1=O. The first kappa shape index (κ1) is 19.6. The van der Waals surface area contributed by atoms with Crippen LogP contribution in [0.15, 0.2) is 58.7 Å². The Hall–Kier alpha value is -3.20. The molecule has 2 aromatic carbocycles. The third kappa shape index (κ3) is 5.40. The molecule has 1 atom stereocenters. The summed E-state index contributed by atoms with van der Waals surface area (Å²) in [6, 6.07) is 13.1. The number of carbonyl (C=O) groups is 2.